The minimum Gasteiger partial charge on any atom is -0.508 e. The molecule has 2 aliphatic carbocycles. The summed E-state index contributed by atoms with van der Waals surface area (Å²) >= 11 is 0. The molecule has 4 rings (SSSR count). The lowest BCUT2D eigenvalue weighted by Crippen LogP contribution is -2.39. The molecule has 0 aromatic heterocycles. The summed E-state index contributed by atoms with van der Waals surface area (Å²) < 4.78 is 34.4. The fraction of sp³-hybridized carbons (Fsp3) is 0.421. The van der Waals surface area contributed by atoms with Gasteiger partial charge in [0.05, 0.1) is 5.56 Å². The smallest absolute Gasteiger partial charge is 0.249 e. The molecule has 1 aliphatic heterocycles. The number of benzene rings is 1. The van der Waals surface area contributed by atoms with Gasteiger partial charge in [0.2, 0.25) is 5.92 Å². The highest BCUT2D eigenvalue weighted by Crippen LogP contribution is 2.57. The van der Waals surface area contributed by atoms with Gasteiger partial charge in [-0.2, -0.15) is 5.26 Å². The van der Waals surface area contributed by atoms with E-state index in [1.807, 2.05) is 6.07 Å². The molecule has 4 nitrogen and oxygen atoms in total. The van der Waals surface area contributed by atoms with Crippen molar-refractivity contribution in [2.45, 2.75) is 37.2 Å². The van der Waals surface area contributed by atoms with Crippen LogP contribution >= 0.6 is 0 Å². The highest BCUT2D eigenvalue weighted by molar-refractivity contribution is 5.56. The van der Waals surface area contributed by atoms with Crippen molar-refractivity contribution in [3.8, 4) is 17.6 Å². The molecule has 0 radical (unpaired) electrons. The van der Waals surface area contributed by atoms with Crippen LogP contribution in [0.3, 0.4) is 0 Å². The van der Waals surface area contributed by atoms with E-state index in [-0.39, 0.29) is 35.8 Å². The van der Waals surface area contributed by atoms with Crippen LogP contribution in [0, 0.1) is 23.2 Å². The molecule has 6 heteroatoms. The number of allylic oxidation sites excluding steroid dienone is 2. The van der Waals surface area contributed by atoms with Gasteiger partial charge in [-0.1, -0.05) is 6.08 Å². The summed E-state index contributed by atoms with van der Waals surface area (Å²) in [6.07, 6.45) is 4.39. The van der Waals surface area contributed by atoms with Crippen molar-refractivity contribution in [2.75, 3.05) is 0 Å². The minimum atomic E-state index is -2.80. The number of hydrogen-bond acceptors (Lipinski definition) is 4. The number of aliphatic hydroxyl groups is 1. The maximum atomic E-state index is 14.2. The predicted octanol–water partition coefficient (Wildman–Crippen LogP) is 4.17. The van der Waals surface area contributed by atoms with Crippen LogP contribution in [0.5, 0.6) is 11.5 Å². The maximum absolute atomic E-state index is 14.2. The summed E-state index contributed by atoms with van der Waals surface area (Å²) in [5.74, 6) is -3.47. The van der Waals surface area contributed by atoms with Crippen molar-refractivity contribution in [1.29, 1.82) is 5.26 Å². The van der Waals surface area contributed by atoms with E-state index < -0.39 is 23.9 Å². The third kappa shape index (κ3) is 2.64. The van der Waals surface area contributed by atoms with E-state index in [9.17, 15) is 24.3 Å². The molecule has 0 bridgehead atoms. The summed E-state index contributed by atoms with van der Waals surface area (Å²) in [6.45, 7) is 0. The molecule has 0 amide bonds. The SMILES string of the molecule is N#Cc1cc(O)cc2c1O[C@@H](C1C=CC(O)=CC1)[C@H]1CC(F)(F)C[C@@H]21. The first kappa shape index (κ1) is 15.9. The third-order valence-electron chi connectivity index (χ3n) is 5.40. The number of nitriles is 1. The summed E-state index contributed by atoms with van der Waals surface area (Å²) in [6, 6.07) is 4.72. The van der Waals surface area contributed by atoms with E-state index in [4.69, 9.17) is 4.74 Å². The van der Waals surface area contributed by atoms with Crippen molar-refractivity contribution < 1.29 is 23.7 Å². The van der Waals surface area contributed by atoms with Crippen LogP contribution in [-0.2, 0) is 0 Å². The predicted molar refractivity (Wildman–Crippen MR) is 85.6 cm³/mol. The Labute approximate surface area is 143 Å². The normalized spacial score (nSPS) is 32.1. The second-order valence-electron chi connectivity index (χ2n) is 7.03. The van der Waals surface area contributed by atoms with Gasteiger partial charge < -0.3 is 14.9 Å². The molecule has 1 unspecified atom stereocenters. The zero-order valence-electron chi connectivity index (χ0n) is 13.3. The number of rotatable bonds is 1. The molecule has 1 aromatic rings. The topological polar surface area (TPSA) is 73.5 Å². The number of halogens is 2. The van der Waals surface area contributed by atoms with Gasteiger partial charge in [0.25, 0.3) is 0 Å². The summed E-state index contributed by atoms with van der Waals surface area (Å²) in [7, 11) is 0. The molecule has 3 aliphatic rings. The standard InChI is InChI=1S/C19H17F2NO3/c20-19(21)7-15-14-6-13(24)5-11(9-22)18(14)25-17(16(15)8-19)10-1-3-12(23)4-2-10/h1,3-6,10,15-17,23-24H,2,7-8H2/t10?,15-,16-,17-/m0/s1. The monoisotopic (exact) mass is 345 g/mol. The fourth-order valence-corrected chi connectivity index (χ4v) is 4.35. The highest BCUT2D eigenvalue weighted by Gasteiger charge is 2.54. The van der Waals surface area contributed by atoms with Crippen molar-refractivity contribution in [2.24, 2.45) is 11.8 Å². The molecular formula is C19H17F2NO3. The lowest BCUT2D eigenvalue weighted by atomic mass is 9.76. The maximum Gasteiger partial charge on any atom is 0.249 e. The molecule has 2 N–H and O–H groups in total. The molecule has 4 atom stereocenters. The summed E-state index contributed by atoms with van der Waals surface area (Å²) in [4.78, 5) is 0. The zero-order valence-corrected chi connectivity index (χ0v) is 13.3. The Kier molecular flexibility index (Phi) is 3.50. The number of phenols is 1. The van der Waals surface area contributed by atoms with Gasteiger partial charge in [0.15, 0.2) is 0 Å². The largest absolute Gasteiger partial charge is 0.508 e. The van der Waals surface area contributed by atoms with E-state index in [1.165, 1.54) is 12.1 Å². The Hall–Kier alpha value is -2.55. The lowest BCUT2D eigenvalue weighted by molar-refractivity contribution is -0.00585. The second kappa shape index (κ2) is 5.48. The molecule has 130 valence electrons. The molecule has 25 heavy (non-hydrogen) atoms. The first-order valence-corrected chi connectivity index (χ1v) is 8.27. The molecular weight excluding hydrogens is 328 g/mol. The van der Waals surface area contributed by atoms with Gasteiger partial charge in [-0.15, -0.1) is 0 Å². The van der Waals surface area contributed by atoms with E-state index in [0.29, 0.717) is 17.7 Å². The average molecular weight is 345 g/mol. The Morgan fingerprint density at radius 1 is 1.24 bits per heavy atom. The molecule has 0 spiro atoms. The van der Waals surface area contributed by atoms with Crippen LogP contribution in [0.25, 0.3) is 0 Å². The molecule has 1 saturated carbocycles. The highest BCUT2D eigenvalue weighted by atomic mass is 19.3. The van der Waals surface area contributed by atoms with Gasteiger partial charge >= 0.3 is 0 Å². The third-order valence-corrected chi connectivity index (χ3v) is 5.40. The first-order chi connectivity index (χ1) is 11.9. The first-order valence-electron chi connectivity index (χ1n) is 8.27. The van der Waals surface area contributed by atoms with E-state index in [0.717, 1.165) is 0 Å². The van der Waals surface area contributed by atoms with Gasteiger partial charge in [-0.25, -0.2) is 8.78 Å². The fourth-order valence-electron chi connectivity index (χ4n) is 4.35. The Bertz CT molecular complexity index is 825. The second-order valence-corrected chi connectivity index (χ2v) is 7.03. The molecule has 1 fully saturated rings. The number of aromatic hydroxyl groups is 1. The Morgan fingerprint density at radius 2 is 2.04 bits per heavy atom. The van der Waals surface area contributed by atoms with Crippen LogP contribution in [0.2, 0.25) is 0 Å². The number of nitrogens with zero attached hydrogens (tertiary/aromatic N) is 1. The van der Waals surface area contributed by atoms with Crippen molar-refractivity contribution in [1.82, 2.24) is 0 Å². The zero-order chi connectivity index (χ0) is 17.8. The number of aliphatic hydroxyl groups excluding tert-OH is 1. The van der Waals surface area contributed by atoms with Crippen LogP contribution in [0.1, 0.15) is 36.3 Å². The Balaban J connectivity index is 1.79. The van der Waals surface area contributed by atoms with E-state index in [2.05, 4.69) is 0 Å². The van der Waals surface area contributed by atoms with Gasteiger partial charge in [0, 0.05) is 36.3 Å². The Morgan fingerprint density at radius 3 is 2.72 bits per heavy atom. The summed E-state index contributed by atoms with van der Waals surface area (Å²) in [5, 5.41) is 28.7. The molecule has 1 heterocycles. The van der Waals surface area contributed by atoms with Gasteiger partial charge in [-0.05, 0) is 30.6 Å². The minimum absolute atomic E-state index is 0.114. The van der Waals surface area contributed by atoms with Crippen LogP contribution < -0.4 is 4.74 Å². The van der Waals surface area contributed by atoms with E-state index >= 15 is 0 Å². The van der Waals surface area contributed by atoms with Crippen molar-refractivity contribution in [3.05, 3.63) is 47.2 Å². The number of alkyl halides is 2. The van der Waals surface area contributed by atoms with Crippen LogP contribution in [-0.4, -0.2) is 22.2 Å². The molecule has 0 saturated heterocycles. The summed E-state index contributed by atoms with van der Waals surface area (Å²) in [5.41, 5.74) is 0.653. The number of phenolic OH excluding ortho intramolecular Hbond substituents is 1. The van der Waals surface area contributed by atoms with Gasteiger partial charge in [-0.3, -0.25) is 0 Å². The quantitative estimate of drug-likeness (QED) is 0.801. The lowest BCUT2D eigenvalue weighted by Gasteiger charge is -2.39. The molecule has 1 aromatic carbocycles. The van der Waals surface area contributed by atoms with Crippen LogP contribution in [0.15, 0.2) is 36.1 Å². The number of fused-ring (bicyclic) bond motifs is 3. The van der Waals surface area contributed by atoms with Crippen molar-refractivity contribution >= 4 is 0 Å². The average Bonchev–Trinajstić information content (AvgIpc) is 2.90. The number of hydrogen-bond donors (Lipinski definition) is 2. The number of ether oxygens (including phenoxy) is 1. The van der Waals surface area contributed by atoms with Gasteiger partial charge in [0.1, 0.15) is 29.4 Å². The van der Waals surface area contributed by atoms with Crippen LogP contribution in [0.4, 0.5) is 8.78 Å². The van der Waals surface area contributed by atoms with Crippen molar-refractivity contribution in [3.63, 3.8) is 0 Å². The van der Waals surface area contributed by atoms with E-state index in [1.54, 1.807) is 18.2 Å².